The van der Waals surface area contributed by atoms with E-state index in [1.807, 2.05) is 20.8 Å². The van der Waals surface area contributed by atoms with E-state index in [0.29, 0.717) is 18.1 Å². The summed E-state index contributed by atoms with van der Waals surface area (Å²) in [5, 5.41) is 8.93. The Morgan fingerprint density at radius 1 is 1.56 bits per heavy atom. The van der Waals surface area contributed by atoms with Crippen LogP contribution >= 0.6 is 0 Å². The van der Waals surface area contributed by atoms with Crippen molar-refractivity contribution in [2.24, 2.45) is 0 Å². The van der Waals surface area contributed by atoms with E-state index < -0.39 is 5.97 Å². The molecule has 1 heterocycles. The molecule has 6 nitrogen and oxygen atoms in total. The van der Waals surface area contributed by atoms with Gasteiger partial charge < -0.3 is 15.0 Å². The van der Waals surface area contributed by atoms with Crippen LogP contribution < -0.4 is 10.5 Å². The van der Waals surface area contributed by atoms with Gasteiger partial charge in [-0.05, 0) is 13.3 Å². The number of nitrogens with zero attached hydrogens (tertiary/aromatic N) is 2. The summed E-state index contributed by atoms with van der Waals surface area (Å²) < 4.78 is 0. The van der Waals surface area contributed by atoms with Gasteiger partial charge in [0.2, 0.25) is 0 Å². The number of hydrogen-bond acceptors (Lipinski definition) is 4. The lowest BCUT2D eigenvalue weighted by Gasteiger charge is -2.27. The molecule has 0 saturated heterocycles. The smallest absolute Gasteiger partial charge is 0.323 e. The van der Waals surface area contributed by atoms with E-state index >= 15 is 0 Å². The van der Waals surface area contributed by atoms with Crippen LogP contribution in [0.15, 0.2) is 10.9 Å². The Balaban J connectivity index is 3.15. The van der Waals surface area contributed by atoms with Crippen molar-refractivity contribution >= 4 is 11.8 Å². The first-order valence-corrected chi connectivity index (χ1v) is 6.06. The maximum Gasteiger partial charge on any atom is 0.323 e. The zero-order valence-corrected chi connectivity index (χ0v) is 10.9. The highest BCUT2D eigenvalue weighted by atomic mass is 16.4. The van der Waals surface area contributed by atoms with Crippen molar-refractivity contribution in [1.82, 2.24) is 9.97 Å². The monoisotopic (exact) mass is 253 g/mol. The third kappa shape index (κ3) is 3.58. The predicted molar refractivity (Wildman–Crippen MR) is 69.0 cm³/mol. The number of aryl methyl sites for hydroxylation is 1. The molecule has 0 aliphatic carbocycles. The van der Waals surface area contributed by atoms with E-state index in [1.54, 1.807) is 4.90 Å². The zero-order chi connectivity index (χ0) is 13.7. The van der Waals surface area contributed by atoms with E-state index in [-0.39, 0.29) is 18.1 Å². The molecule has 18 heavy (non-hydrogen) atoms. The van der Waals surface area contributed by atoms with Crippen molar-refractivity contribution < 1.29 is 9.90 Å². The van der Waals surface area contributed by atoms with E-state index in [2.05, 4.69) is 9.97 Å². The van der Waals surface area contributed by atoms with Gasteiger partial charge in [0.25, 0.3) is 5.56 Å². The number of hydrogen-bond donors (Lipinski definition) is 2. The average molecular weight is 253 g/mol. The summed E-state index contributed by atoms with van der Waals surface area (Å²) in [6, 6.07) is 1.36. The highest BCUT2D eigenvalue weighted by molar-refractivity contribution is 5.73. The molecule has 1 atom stereocenters. The summed E-state index contributed by atoms with van der Waals surface area (Å²) in [4.78, 5) is 30.9. The summed E-state index contributed by atoms with van der Waals surface area (Å²) in [5.41, 5.74) is -0.254. The molecule has 1 unspecified atom stereocenters. The molecule has 0 aliphatic heterocycles. The summed E-state index contributed by atoms with van der Waals surface area (Å²) in [5.74, 6) is 0.0546. The highest BCUT2D eigenvalue weighted by Crippen LogP contribution is 2.14. The van der Waals surface area contributed by atoms with Gasteiger partial charge in [0.15, 0.2) is 0 Å². The van der Waals surface area contributed by atoms with Crippen LogP contribution in [-0.4, -0.2) is 33.6 Å². The first kappa shape index (κ1) is 14.2. The number of carboxylic acids is 1. The number of aromatic nitrogens is 2. The van der Waals surface area contributed by atoms with Crippen molar-refractivity contribution in [2.45, 2.75) is 39.7 Å². The van der Waals surface area contributed by atoms with E-state index in [0.717, 1.165) is 6.42 Å². The number of aliphatic carboxylic acids is 1. The second-order valence-electron chi connectivity index (χ2n) is 4.18. The second-order valence-corrected chi connectivity index (χ2v) is 4.18. The maximum atomic E-state index is 11.5. The minimum atomic E-state index is -0.935. The fourth-order valence-corrected chi connectivity index (χ4v) is 1.64. The molecule has 0 saturated carbocycles. The Morgan fingerprint density at radius 3 is 2.72 bits per heavy atom. The SMILES string of the molecule is CCc1nc(N(CC(=O)O)C(C)CC)cc(=O)[nH]1. The lowest BCUT2D eigenvalue weighted by atomic mass is 10.2. The van der Waals surface area contributed by atoms with Crippen molar-refractivity contribution in [3.05, 3.63) is 22.2 Å². The fourth-order valence-electron chi connectivity index (χ4n) is 1.64. The normalized spacial score (nSPS) is 12.2. The summed E-state index contributed by atoms with van der Waals surface area (Å²) >= 11 is 0. The lowest BCUT2D eigenvalue weighted by Crippen LogP contribution is -2.38. The van der Waals surface area contributed by atoms with Crippen LogP contribution in [0.5, 0.6) is 0 Å². The molecule has 100 valence electrons. The van der Waals surface area contributed by atoms with Crippen LogP contribution in [0.25, 0.3) is 0 Å². The summed E-state index contributed by atoms with van der Waals surface area (Å²) in [7, 11) is 0. The minimum absolute atomic E-state index is 0.0140. The lowest BCUT2D eigenvalue weighted by molar-refractivity contribution is -0.135. The number of carboxylic acid groups (broad SMARTS) is 1. The van der Waals surface area contributed by atoms with E-state index in [4.69, 9.17) is 5.11 Å². The largest absolute Gasteiger partial charge is 0.480 e. The number of aromatic amines is 1. The van der Waals surface area contributed by atoms with Crippen molar-refractivity contribution in [3.8, 4) is 0 Å². The van der Waals surface area contributed by atoms with Gasteiger partial charge in [-0.1, -0.05) is 13.8 Å². The third-order valence-electron chi connectivity index (χ3n) is 2.83. The Labute approximate surface area is 106 Å². The van der Waals surface area contributed by atoms with E-state index in [1.165, 1.54) is 6.07 Å². The summed E-state index contributed by atoms with van der Waals surface area (Å²) in [6.07, 6.45) is 1.38. The average Bonchev–Trinajstić information content (AvgIpc) is 2.33. The van der Waals surface area contributed by atoms with Gasteiger partial charge in [0.1, 0.15) is 18.2 Å². The van der Waals surface area contributed by atoms with Crippen LogP contribution in [0.3, 0.4) is 0 Å². The first-order chi connectivity index (χ1) is 8.47. The maximum absolute atomic E-state index is 11.5. The van der Waals surface area contributed by atoms with Gasteiger partial charge in [0, 0.05) is 18.5 Å². The van der Waals surface area contributed by atoms with Crippen LogP contribution in [0.1, 0.15) is 33.0 Å². The predicted octanol–water partition coefficient (Wildman–Crippen LogP) is 1.02. The number of carbonyl (C=O) groups is 1. The number of nitrogens with one attached hydrogen (secondary N) is 1. The van der Waals surface area contributed by atoms with Gasteiger partial charge in [-0.25, -0.2) is 4.98 Å². The topological polar surface area (TPSA) is 86.3 Å². The van der Waals surface area contributed by atoms with Gasteiger partial charge in [-0.3, -0.25) is 9.59 Å². The van der Waals surface area contributed by atoms with Crippen LogP contribution in [0.2, 0.25) is 0 Å². The molecule has 2 N–H and O–H groups in total. The first-order valence-electron chi connectivity index (χ1n) is 6.06. The molecule has 1 rings (SSSR count). The molecule has 1 aromatic heterocycles. The Kier molecular flexibility index (Phi) is 4.88. The Morgan fingerprint density at radius 2 is 2.22 bits per heavy atom. The Hall–Kier alpha value is -1.85. The third-order valence-corrected chi connectivity index (χ3v) is 2.83. The van der Waals surface area contributed by atoms with E-state index in [9.17, 15) is 9.59 Å². The van der Waals surface area contributed by atoms with Crippen LogP contribution in [-0.2, 0) is 11.2 Å². The van der Waals surface area contributed by atoms with Crippen LogP contribution in [0, 0.1) is 0 Å². The molecular weight excluding hydrogens is 234 g/mol. The molecule has 0 spiro atoms. The van der Waals surface area contributed by atoms with Crippen molar-refractivity contribution in [2.75, 3.05) is 11.4 Å². The molecule has 1 aromatic rings. The van der Waals surface area contributed by atoms with Crippen molar-refractivity contribution in [1.29, 1.82) is 0 Å². The summed E-state index contributed by atoms with van der Waals surface area (Å²) in [6.45, 7) is 5.60. The van der Waals surface area contributed by atoms with Crippen LogP contribution in [0.4, 0.5) is 5.82 Å². The molecule has 0 aromatic carbocycles. The molecule has 0 bridgehead atoms. The second kappa shape index (κ2) is 6.18. The van der Waals surface area contributed by atoms with Gasteiger partial charge in [0.05, 0.1) is 0 Å². The molecule has 0 amide bonds. The van der Waals surface area contributed by atoms with Gasteiger partial charge in [-0.15, -0.1) is 0 Å². The molecule has 0 radical (unpaired) electrons. The number of H-pyrrole nitrogens is 1. The van der Waals surface area contributed by atoms with Gasteiger partial charge >= 0.3 is 5.97 Å². The van der Waals surface area contributed by atoms with Crippen molar-refractivity contribution in [3.63, 3.8) is 0 Å². The highest BCUT2D eigenvalue weighted by Gasteiger charge is 2.18. The standard InChI is InChI=1S/C12H19N3O3/c1-4-8(3)15(7-12(17)18)10-6-11(16)14-9(5-2)13-10/h6,8H,4-5,7H2,1-3H3,(H,17,18)(H,13,14,16). The number of rotatable bonds is 6. The molecule has 0 fully saturated rings. The molecular formula is C12H19N3O3. The fraction of sp³-hybridized carbons (Fsp3) is 0.583. The molecule has 0 aliphatic rings. The Bertz CT molecular complexity index is 470. The van der Waals surface area contributed by atoms with Gasteiger partial charge in [-0.2, -0.15) is 0 Å². The molecule has 6 heteroatoms. The minimum Gasteiger partial charge on any atom is -0.480 e. The quantitative estimate of drug-likeness (QED) is 0.790. The zero-order valence-electron chi connectivity index (χ0n) is 10.9. The number of anilines is 1.